The third-order valence-electron chi connectivity index (χ3n) is 3.70. The van der Waals surface area contributed by atoms with E-state index in [0.29, 0.717) is 22.9 Å². The van der Waals surface area contributed by atoms with E-state index in [9.17, 15) is 14.9 Å². The van der Waals surface area contributed by atoms with Gasteiger partial charge in [-0.05, 0) is 55.5 Å². The van der Waals surface area contributed by atoms with Crippen LogP contribution in [0.2, 0.25) is 0 Å². The topological polar surface area (TPSA) is 93.5 Å². The largest absolute Gasteiger partial charge is 0.457 e. The summed E-state index contributed by atoms with van der Waals surface area (Å²) < 4.78 is 5.63. The Hall–Kier alpha value is -3.87. The van der Waals surface area contributed by atoms with E-state index in [4.69, 9.17) is 4.74 Å². The highest BCUT2D eigenvalue weighted by Gasteiger charge is 2.06. The van der Waals surface area contributed by atoms with E-state index >= 15 is 0 Å². The number of urea groups is 1. The number of nitrogens with zero attached hydrogens (tertiary/aromatic N) is 1. The Morgan fingerprint density at radius 1 is 0.815 bits per heavy atom. The number of non-ortho nitro benzene ring substituents is 1. The maximum atomic E-state index is 12.0. The summed E-state index contributed by atoms with van der Waals surface area (Å²) in [5.74, 6) is 1.03. The fourth-order valence-corrected chi connectivity index (χ4v) is 2.31. The zero-order chi connectivity index (χ0) is 19.2. The minimum Gasteiger partial charge on any atom is -0.457 e. The molecule has 3 aromatic carbocycles. The van der Waals surface area contributed by atoms with Gasteiger partial charge in [0, 0.05) is 23.5 Å². The Balaban J connectivity index is 1.57. The normalized spacial score (nSPS) is 10.1. The van der Waals surface area contributed by atoms with Crippen LogP contribution in [0.25, 0.3) is 0 Å². The first-order valence-electron chi connectivity index (χ1n) is 8.17. The molecular weight excluding hydrogens is 346 g/mol. The van der Waals surface area contributed by atoms with Gasteiger partial charge in [0.25, 0.3) is 5.69 Å². The minimum atomic E-state index is -0.466. The molecule has 0 aliphatic rings. The molecule has 3 rings (SSSR count). The van der Waals surface area contributed by atoms with Crippen molar-refractivity contribution in [3.63, 3.8) is 0 Å². The van der Waals surface area contributed by atoms with Gasteiger partial charge in [-0.15, -0.1) is 0 Å². The number of ether oxygens (including phenoxy) is 1. The van der Waals surface area contributed by atoms with Gasteiger partial charge in [0.05, 0.1) is 4.92 Å². The lowest BCUT2D eigenvalue weighted by molar-refractivity contribution is -0.384. The number of hydrogen-bond donors (Lipinski definition) is 2. The van der Waals surface area contributed by atoms with Crippen LogP contribution in [0.4, 0.5) is 21.9 Å². The molecular formula is C20H17N3O4. The number of amides is 2. The van der Waals surface area contributed by atoms with Crippen molar-refractivity contribution in [1.82, 2.24) is 0 Å². The van der Waals surface area contributed by atoms with Gasteiger partial charge in [-0.1, -0.05) is 17.7 Å². The predicted molar refractivity (Wildman–Crippen MR) is 103 cm³/mol. The van der Waals surface area contributed by atoms with Crippen molar-refractivity contribution in [2.45, 2.75) is 6.92 Å². The molecule has 0 bridgehead atoms. The van der Waals surface area contributed by atoms with E-state index in [-0.39, 0.29) is 11.7 Å². The maximum Gasteiger partial charge on any atom is 0.323 e. The van der Waals surface area contributed by atoms with Crippen LogP contribution in [-0.4, -0.2) is 11.0 Å². The van der Waals surface area contributed by atoms with E-state index in [2.05, 4.69) is 10.6 Å². The first-order chi connectivity index (χ1) is 13.0. The summed E-state index contributed by atoms with van der Waals surface area (Å²) >= 11 is 0. The van der Waals surface area contributed by atoms with E-state index in [1.807, 2.05) is 31.2 Å². The van der Waals surface area contributed by atoms with Gasteiger partial charge in [0.2, 0.25) is 0 Å². The van der Waals surface area contributed by atoms with Gasteiger partial charge in [0.15, 0.2) is 0 Å². The van der Waals surface area contributed by atoms with Crippen LogP contribution in [0.1, 0.15) is 5.56 Å². The standard InChI is InChI=1S/C20H17N3O4/c1-14-2-4-15(5-3-14)21-20(24)22-16-6-10-18(11-7-16)27-19-12-8-17(9-13-19)23(25)26/h2-13H,1H3,(H2,21,22,24). The lowest BCUT2D eigenvalue weighted by atomic mass is 10.2. The van der Waals surface area contributed by atoms with E-state index in [1.54, 1.807) is 24.3 Å². The summed E-state index contributed by atoms with van der Waals surface area (Å²) in [4.78, 5) is 22.2. The number of anilines is 2. The summed E-state index contributed by atoms with van der Waals surface area (Å²) in [5, 5.41) is 16.1. The molecule has 0 aliphatic carbocycles. The van der Waals surface area contributed by atoms with E-state index in [0.717, 1.165) is 5.56 Å². The van der Waals surface area contributed by atoms with Gasteiger partial charge < -0.3 is 15.4 Å². The average molecular weight is 363 g/mol. The highest BCUT2D eigenvalue weighted by Crippen LogP contribution is 2.25. The molecule has 0 saturated carbocycles. The van der Waals surface area contributed by atoms with Crippen LogP contribution in [0.15, 0.2) is 72.8 Å². The van der Waals surface area contributed by atoms with Crippen LogP contribution < -0.4 is 15.4 Å². The Kier molecular flexibility index (Phi) is 5.32. The first kappa shape index (κ1) is 17.9. The number of hydrogen-bond acceptors (Lipinski definition) is 4. The Morgan fingerprint density at radius 2 is 1.26 bits per heavy atom. The van der Waals surface area contributed by atoms with E-state index < -0.39 is 4.92 Å². The first-order valence-corrected chi connectivity index (χ1v) is 8.17. The molecule has 0 heterocycles. The Bertz CT molecular complexity index is 936. The monoisotopic (exact) mass is 363 g/mol. The molecule has 27 heavy (non-hydrogen) atoms. The number of nitrogens with one attached hydrogen (secondary N) is 2. The molecule has 0 fully saturated rings. The second-order valence-corrected chi connectivity index (χ2v) is 5.82. The molecule has 7 nitrogen and oxygen atoms in total. The zero-order valence-electron chi connectivity index (χ0n) is 14.5. The molecule has 136 valence electrons. The number of nitro groups is 1. The number of rotatable bonds is 5. The van der Waals surface area contributed by atoms with Gasteiger partial charge >= 0.3 is 6.03 Å². The summed E-state index contributed by atoms with van der Waals surface area (Å²) in [6.45, 7) is 1.98. The quantitative estimate of drug-likeness (QED) is 0.472. The molecule has 7 heteroatoms. The van der Waals surface area contributed by atoms with Crippen molar-refractivity contribution in [2.24, 2.45) is 0 Å². The van der Waals surface area contributed by atoms with Gasteiger partial charge in [-0.25, -0.2) is 4.79 Å². The number of aryl methyl sites for hydroxylation is 1. The molecule has 0 aromatic heterocycles. The van der Waals surface area contributed by atoms with Crippen LogP contribution >= 0.6 is 0 Å². The highest BCUT2D eigenvalue weighted by atomic mass is 16.6. The fourth-order valence-electron chi connectivity index (χ4n) is 2.31. The number of nitro benzene ring substituents is 1. The van der Waals surface area contributed by atoms with Gasteiger partial charge in [-0.2, -0.15) is 0 Å². The van der Waals surface area contributed by atoms with Crippen molar-refractivity contribution >= 4 is 23.1 Å². The lowest BCUT2D eigenvalue weighted by Crippen LogP contribution is -2.19. The van der Waals surface area contributed by atoms with Crippen LogP contribution in [0.5, 0.6) is 11.5 Å². The van der Waals surface area contributed by atoms with Gasteiger partial charge in [-0.3, -0.25) is 10.1 Å². The zero-order valence-corrected chi connectivity index (χ0v) is 14.5. The summed E-state index contributed by atoms with van der Waals surface area (Å²) in [6, 6.07) is 19.8. The second-order valence-electron chi connectivity index (χ2n) is 5.82. The van der Waals surface area contributed by atoms with Crippen molar-refractivity contribution < 1.29 is 14.5 Å². The molecule has 0 spiro atoms. The minimum absolute atomic E-state index is 0.00138. The van der Waals surface area contributed by atoms with Gasteiger partial charge in [0.1, 0.15) is 11.5 Å². The van der Waals surface area contributed by atoms with Crippen LogP contribution in [-0.2, 0) is 0 Å². The number of benzene rings is 3. The average Bonchev–Trinajstić information content (AvgIpc) is 2.66. The third-order valence-corrected chi connectivity index (χ3v) is 3.70. The summed E-state index contributed by atoms with van der Waals surface area (Å²) in [6.07, 6.45) is 0. The summed E-state index contributed by atoms with van der Waals surface area (Å²) in [5.41, 5.74) is 2.43. The van der Waals surface area contributed by atoms with Crippen molar-refractivity contribution in [3.8, 4) is 11.5 Å². The molecule has 0 atom stereocenters. The fraction of sp³-hybridized carbons (Fsp3) is 0.0500. The van der Waals surface area contributed by atoms with Crippen LogP contribution in [0, 0.1) is 17.0 Å². The van der Waals surface area contributed by atoms with E-state index in [1.165, 1.54) is 24.3 Å². The molecule has 2 amide bonds. The second kappa shape index (κ2) is 8.01. The number of carbonyl (C=O) groups excluding carboxylic acids is 1. The van der Waals surface area contributed by atoms with Crippen molar-refractivity contribution in [3.05, 3.63) is 88.5 Å². The SMILES string of the molecule is Cc1ccc(NC(=O)Nc2ccc(Oc3ccc([N+](=O)[O-])cc3)cc2)cc1. The molecule has 0 aliphatic heterocycles. The molecule has 0 unspecified atom stereocenters. The molecule has 0 radical (unpaired) electrons. The molecule has 2 N–H and O–H groups in total. The molecule has 0 saturated heterocycles. The predicted octanol–water partition coefficient (Wildman–Crippen LogP) is 5.34. The van der Waals surface area contributed by atoms with Crippen molar-refractivity contribution in [2.75, 3.05) is 10.6 Å². The summed E-state index contributed by atoms with van der Waals surface area (Å²) in [7, 11) is 0. The Morgan fingerprint density at radius 3 is 1.74 bits per heavy atom. The number of carbonyl (C=O) groups is 1. The third kappa shape index (κ3) is 5.05. The maximum absolute atomic E-state index is 12.0. The van der Waals surface area contributed by atoms with Crippen LogP contribution in [0.3, 0.4) is 0 Å². The molecule has 3 aromatic rings. The highest BCUT2D eigenvalue weighted by molar-refractivity contribution is 5.99. The lowest BCUT2D eigenvalue weighted by Gasteiger charge is -2.09. The smallest absolute Gasteiger partial charge is 0.323 e. The van der Waals surface area contributed by atoms with Crippen molar-refractivity contribution in [1.29, 1.82) is 0 Å². The Labute approximate surface area is 155 Å².